The van der Waals surface area contributed by atoms with E-state index in [-0.39, 0.29) is 36.8 Å². The fourth-order valence-electron chi connectivity index (χ4n) is 6.54. The van der Waals surface area contributed by atoms with Crippen LogP contribution in [-0.2, 0) is 27.1 Å². The van der Waals surface area contributed by atoms with Crippen molar-refractivity contribution in [2.24, 2.45) is 0 Å². The topological polar surface area (TPSA) is 113 Å². The molecule has 1 aromatic heterocycles. The van der Waals surface area contributed by atoms with E-state index in [1.807, 2.05) is 24.3 Å². The van der Waals surface area contributed by atoms with Gasteiger partial charge in [0.25, 0.3) is 0 Å². The molecule has 0 bridgehead atoms. The zero-order valence-corrected chi connectivity index (χ0v) is 26.8. The maximum Gasteiger partial charge on any atom is 0.411 e. The molecule has 49 heavy (non-hydrogen) atoms. The molecule has 3 N–H and O–H groups in total. The van der Waals surface area contributed by atoms with E-state index in [9.17, 15) is 23.5 Å². The van der Waals surface area contributed by atoms with Gasteiger partial charge in [-0.15, -0.1) is 0 Å². The number of aliphatic hydroxyl groups excluding tert-OH is 1. The van der Waals surface area contributed by atoms with Crippen molar-refractivity contribution < 1.29 is 37.3 Å². The van der Waals surface area contributed by atoms with Gasteiger partial charge in [0.1, 0.15) is 17.5 Å². The highest BCUT2D eigenvalue weighted by Crippen LogP contribution is 2.36. The molecular formula is C37H37F3N4O5. The van der Waals surface area contributed by atoms with Crippen molar-refractivity contribution in [3.05, 3.63) is 130 Å². The van der Waals surface area contributed by atoms with Crippen LogP contribution in [0.2, 0.25) is 0 Å². The molecule has 2 heterocycles. The van der Waals surface area contributed by atoms with Crippen molar-refractivity contribution in [2.75, 3.05) is 25.5 Å². The van der Waals surface area contributed by atoms with Crippen molar-refractivity contribution in [1.29, 1.82) is 0 Å². The number of pyridine rings is 1. The summed E-state index contributed by atoms with van der Waals surface area (Å²) >= 11 is 0. The number of fused-ring (bicyclic) bond motifs is 1. The molecule has 9 nitrogen and oxygen atoms in total. The molecule has 12 heteroatoms. The van der Waals surface area contributed by atoms with E-state index in [0.717, 1.165) is 17.3 Å². The number of benzene rings is 3. The van der Waals surface area contributed by atoms with E-state index < -0.39 is 53.7 Å². The zero-order valence-electron chi connectivity index (χ0n) is 26.8. The molecule has 0 spiro atoms. The molecule has 0 saturated carbocycles. The van der Waals surface area contributed by atoms with Crippen LogP contribution in [0.5, 0.6) is 0 Å². The molecule has 1 saturated heterocycles. The Morgan fingerprint density at radius 2 is 1.69 bits per heavy atom. The highest BCUT2D eigenvalue weighted by atomic mass is 19.1. The summed E-state index contributed by atoms with van der Waals surface area (Å²) in [6.45, 7) is 0.409. The highest BCUT2D eigenvalue weighted by Gasteiger charge is 2.37. The molecule has 4 aromatic rings. The van der Waals surface area contributed by atoms with Gasteiger partial charge < -0.3 is 24.8 Å². The summed E-state index contributed by atoms with van der Waals surface area (Å²) in [4.78, 5) is 31.6. The molecule has 3 aromatic carbocycles. The minimum atomic E-state index is -0.732. The van der Waals surface area contributed by atoms with Gasteiger partial charge in [-0.25, -0.2) is 18.0 Å². The number of rotatable bonds is 10. The van der Waals surface area contributed by atoms with Gasteiger partial charge in [0.05, 0.1) is 42.9 Å². The average Bonchev–Trinajstić information content (AvgIpc) is 3.43. The van der Waals surface area contributed by atoms with Crippen LogP contribution < -0.4 is 10.6 Å². The number of carbonyl (C=O) groups excluding carboxylic acids is 2. The highest BCUT2D eigenvalue weighted by molar-refractivity contribution is 5.92. The summed E-state index contributed by atoms with van der Waals surface area (Å²) in [5.74, 6) is -2.36. The van der Waals surface area contributed by atoms with Crippen LogP contribution in [0.25, 0.3) is 0 Å². The molecule has 0 radical (unpaired) electrons. The number of anilines is 1. The third kappa shape index (κ3) is 8.10. The lowest BCUT2D eigenvalue weighted by molar-refractivity contribution is -0.116. The first-order valence-electron chi connectivity index (χ1n) is 16.1. The second-order valence-electron chi connectivity index (χ2n) is 12.4. The molecule has 2 amide bonds. The van der Waals surface area contributed by atoms with Crippen LogP contribution in [-0.4, -0.2) is 65.6 Å². The summed E-state index contributed by atoms with van der Waals surface area (Å²) in [7, 11) is 1.59. The van der Waals surface area contributed by atoms with E-state index in [2.05, 4.69) is 15.6 Å². The smallest absolute Gasteiger partial charge is 0.411 e. The van der Waals surface area contributed by atoms with Crippen molar-refractivity contribution >= 4 is 17.7 Å². The van der Waals surface area contributed by atoms with Gasteiger partial charge in [-0.3, -0.25) is 15.1 Å². The third-order valence-corrected chi connectivity index (χ3v) is 9.10. The second kappa shape index (κ2) is 15.2. The molecule has 4 atom stereocenters. The number of hydrogen-bond donors (Lipinski definition) is 3. The van der Waals surface area contributed by atoms with Crippen LogP contribution in [0.4, 0.5) is 23.7 Å². The molecule has 6 rings (SSSR count). The lowest BCUT2D eigenvalue weighted by atomic mass is 9.88. The monoisotopic (exact) mass is 674 g/mol. The molecule has 1 fully saturated rings. The van der Waals surface area contributed by atoms with Crippen LogP contribution in [0.15, 0.2) is 85.2 Å². The number of hydrogen-bond acceptors (Lipinski definition) is 7. The summed E-state index contributed by atoms with van der Waals surface area (Å²) in [6, 6.07) is 18.6. The van der Waals surface area contributed by atoms with Gasteiger partial charge in [0.2, 0.25) is 5.91 Å². The van der Waals surface area contributed by atoms with Crippen LogP contribution in [0, 0.1) is 17.5 Å². The van der Waals surface area contributed by atoms with Gasteiger partial charge in [-0.05, 0) is 59.4 Å². The normalized spacial score (nSPS) is 20.1. The predicted octanol–water partition coefficient (Wildman–Crippen LogP) is 5.63. The quantitative estimate of drug-likeness (QED) is 0.200. The summed E-state index contributed by atoms with van der Waals surface area (Å²) in [5, 5.41) is 16.5. The Hall–Kier alpha value is -4.78. The number of halogens is 3. The molecule has 256 valence electrons. The van der Waals surface area contributed by atoms with Crippen molar-refractivity contribution in [3.63, 3.8) is 0 Å². The lowest BCUT2D eigenvalue weighted by Crippen LogP contribution is -2.50. The summed E-state index contributed by atoms with van der Waals surface area (Å²) in [6.07, 6.45) is 1.12. The van der Waals surface area contributed by atoms with Gasteiger partial charge in [-0.1, -0.05) is 48.5 Å². The standard InChI is InChI=1S/C37H37F3N4O5/c1-44(36-28-5-3-2-4-24(28)16-33(36)45)37(47)49-35-21-48-27(18-42-35)14-15-29-31(40)19-41-20-32(29)43-34(46)17-30(22-6-10-25(38)11-7-22)23-8-12-26(39)13-9-23/h2-13,19-20,27,30,33,35-36,42,45H,14-18,21H2,1H3,(H,43,46)/t27-,33-,35+,36?/m1/s1. The number of aromatic nitrogens is 1. The third-order valence-electron chi connectivity index (χ3n) is 9.10. The van der Waals surface area contributed by atoms with Crippen LogP contribution in [0.3, 0.4) is 0 Å². The predicted molar refractivity (Wildman–Crippen MR) is 175 cm³/mol. The number of ether oxygens (including phenoxy) is 2. The fourth-order valence-corrected chi connectivity index (χ4v) is 6.54. The van der Waals surface area contributed by atoms with E-state index in [1.54, 1.807) is 31.3 Å². The Morgan fingerprint density at radius 1 is 1.02 bits per heavy atom. The number of morpholine rings is 1. The Labute approximate surface area is 282 Å². The lowest BCUT2D eigenvalue weighted by Gasteiger charge is -2.33. The number of aliphatic hydroxyl groups is 1. The van der Waals surface area contributed by atoms with E-state index in [0.29, 0.717) is 30.5 Å². The molecule has 2 aliphatic rings. The zero-order chi connectivity index (χ0) is 34.5. The number of nitrogens with one attached hydrogen (secondary N) is 2. The molecular weight excluding hydrogens is 637 g/mol. The average molecular weight is 675 g/mol. The second-order valence-corrected chi connectivity index (χ2v) is 12.4. The summed E-state index contributed by atoms with van der Waals surface area (Å²) < 4.78 is 53.9. The number of likely N-dealkylation sites (N-methyl/N-ethyl adjacent to an activating group) is 1. The SMILES string of the molecule is CN(C(=O)O[C@H]1CO[C@H](CCc2c(F)cncc2NC(=O)CC(c2ccc(F)cc2)c2ccc(F)cc2)CN1)C1c2ccccc2C[C@H]1O. The largest absolute Gasteiger partial charge is 0.428 e. The Kier molecular flexibility index (Phi) is 10.6. The number of nitrogens with zero attached hydrogens (tertiary/aromatic N) is 2. The summed E-state index contributed by atoms with van der Waals surface area (Å²) in [5.41, 5.74) is 3.70. The number of carbonyl (C=O) groups is 2. The first kappa shape index (κ1) is 34.1. The maximum absolute atomic E-state index is 15.0. The number of amides is 2. The minimum absolute atomic E-state index is 0.0651. The van der Waals surface area contributed by atoms with Crippen molar-refractivity contribution in [1.82, 2.24) is 15.2 Å². The molecule has 1 unspecified atom stereocenters. The van der Waals surface area contributed by atoms with Crippen molar-refractivity contribution in [2.45, 2.75) is 56.1 Å². The van der Waals surface area contributed by atoms with E-state index >= 15 is 4.39 Å². The van der Waals surface area contributed by atoms with E-state index in [4.69, 9.17) is 9.47 Å². The maximum atomic E-state index is 15.0. The Balaban J connectivity index is 1.03. The van der Waals surface area contributed by atoms with Gasteiger partial charge in [-0.2, -0.15) is 0 Å². The van der Waals surface area contributed by atoms with Crippen molar-refractivity contribution in [3.8, 4) is 0 Å². The first-order chi connectivity index (χ1) is 23.7. The van der Waals surface area contributed by atoms with Crippen LogP contribution in [0.1, 0.15) is 52.6 Å². The van der Waals surface area contributed by atoms with Gasteiger partial charge in [0, 0.05) is 37.9 Å². The minimum Gasteiger partial charge on any atom is -0.428 e. The van der Waals surface area contributed by atoms with E-state index in [1.165, 1.54) is 35.4 Å². The Morgan fingerprint density at radius 3 is 2.35 bits per heavy atom. The molecule has 1 aliphatic carbocycles. The fraction of sp³-hybridized carbons (Fsp3) is 0.324. The van der Waals surface area contributed by atoms with Gasteiger partial charge in [0.15, 0.2) is 6.23 Å². The van der Waals surface area contributed by atoms with Crippen LogP contribution >= 0.6 is 0 Å². The molecule has 1 aliphatic heterocycles. The van der Waals surface area contributed by atoms with Gasteiger partial charge >= 0.3 is 6.09 Å². The Bertz CT molecular complexity index is 1720. The first-order valence-corrected chi connectivity index (χ1v) is 16.1.